The number of nitro benzene ring substituents is 1. The normalized spacial score (nSPS) is 12.0. The first kappa shape index (κ1) is 18.0. The maximum atomic E-state index is 11.9. The van der Waals surface area contributed by atoms with Gasteiger partial charge in [0, 0.05) is 17.7 Å². The number of benzene rings is 2. The fourth-order valence-corrected chi connectivity index (χ4v) is 2.36. The van der Waals surface area contributed by atoms with Crippen LogP contribution in [0.1, 0.15) is 17.4 Å². The maximum Gasteiger partial charge on any atom is 0.273 e. The third-order valence-corrected chi connectivity index (χ3v) is 3.70. The quantitative estimate of drug-likeness (QED) is 0.395. The lowest BCUT2D eigenvalue weighted by atomic mass is 10.1. The fraction of sp³-hybridized carbons (Fsp3) is 0.0526. The standard InChI is InChI=1S/C19H15N3O5/c23-18(13-5-2-1-3-6-13)19(24)21-20-12-16-9-10-17(27-16)14-7-4-8-15(11-14)22(25)26/h1-12,18,23H,(H,21,24)/b20-12+. The summed E-state index contributed by atoms with van der Waals surface area (Å²) in [6.07, 6.45) is -0.0587. The molecule has 2 N–H and O–H groups in total. The Morgan fingerprint density at radius 2 is 1.93 bits per heavy atom. The average molecular weight is 365 g/mol. The molecule has 136 valence electrons. The zero-order valence-corrected chi connectivity index (χ0v) is 14.0. The highest BCUT2D eigenvalue weighted by Gasteiger charge is 2.16. The summed E-state index contributed by atoms with van der Waals surface area (Å²) in [5.74, 6) is 0.0877. The monoisotopic (exact) mass is 365 g/mol. The van der Waals surface area contributed by atoms with E-state index >= 15 is 0 Å². The molecule has 3 aromatic rings. The average Bonchev–Trinajstić information content (AvgIpc) is 3.17. The molecular formula is C19H15N3O5. The number of carbonyl (C=O) groups is 1. The largest absolute Gasteiger partial charge is 0.455 e. The summed E-state index contributed by atoms with van der Waals surface area (Å²) >= 11 is 0. The van der Waals surface area contributed by atoms with Gasteiger partial charge < -0.3 is 9.52 Å². The lowest BCUT2D eigenvalue weighted by Crippen LogP contribution is -2.25. The van der Waals surface area contributed by atoms with Gasteiger partial charge in [0.1, 0.15) is 11.5 Å². The Hall–Kier alpha value is -3.78. The summed E-state index contributed by atoms with van der Waals surface area (Å²) in [5, 5.41) is 24.5. The number of nitrogens with one attached hydrogen (secondary N) is 1. The summed E-state index contributed by atoms with van der Waals surface area (Å²) in [6, 6.07) is 17.8. The van der Waals surface area contributed by atoms with Gasteiger partial charge in [0.2, 0.25) is 0 Å². The van der Waals surface area contributed by atoms with Crippen LogP contribution in [0.3, 0.4) is 0 Å². The Bertz CT molecular complexity index is 982. The molecule has 0 bridgehead atoms. The van der Waals surface area contributed by atoms with Gasteiger partial charge in [-0.25, -0.2) is 5.43 Å². The molecule has 8 heteroatoms. The van der Waals surface area contributed by atoms with Crippen LogP contribution in [0.25, 0.3) is 11.3 Å². The van der Waals surface area contributed by atoms with Crippen molar-refractivity contribution in [1.29, 1.82) is 0 Å². The van der Waals surface area contributed by atoms with Crippen molar-refractivity contribution < 1.29 is 19.2 Å². The van der Waals surface area contributed by atoms with Crippen LogP contribution in [0.2, 0.25) is 0 Å². The number of furan rings is 1. The lowest BCUT2D eigenvalue weighted by Gasteiger charge is -2.08. The molecule has 0 fully saturated rings. The molecule has 0 aliphatic rings. The number of hydrazone groups is 1. The van der Waals surface area contributed by atoms with Crippen LogP contribution in [0.5, 0.6) is 0 Å². The first-order valence-corrected chi connectivity index (χ1v) is 7.95. The van der Waals surface area contributed by atoms with Gasteiger partial charge in [-0.1, -0.05) is 42.5 Å². The van der Waals surface area contributed by atoms with E-state index in [0.29, 0.717) is 22.6 Å². The van der Waals surface area contributed by atoms with Gasteiger partial charge in [0.05, 0.1) is 11.1 Å². The number of aliphatic hydroxyl groups is 1. The van der Waals surface area contributed by atoms with Crippen LogP contribution in [-0.2, 0) is 4.79 Å². The molecule has 27 heavy (non-hydrogen) atoms. The van der Waals surface area contributed by atoms with Gasteiger partial charge in [-0.05, 0) is 17.7 Å². The van der Waals surface area contributed by atoms with Crippen molar-refractivity contribution in [2.24, 2.45) is 5.10 Å². The highest BCUT2D eigenvalue weighted by molar-refractivity contribution is 5.84. The van der Waals surface area contributed by atoms with Crippen molar-refractivity contribution in [3.63, 3.8) is 0 Å². The molecule has 1 heterocycles. The maximum absolute atomic E-state index is 11.9. The van der Waals surface area contributed by atoms with Gasteiger partial charge in [-0.3, -0.25) is 14.9 Å². The third kappa shape index (κ3) is 4.44. The van der Waals surface area contributed by atoms with Crippen LogP contribution in [0.4, 0.5) is 5.69 Å². The van der Waals surface area contributed by atoms with Crippen LogP contribution < -0.4 is 5.43 Å². The van der Waals surface area contributed by atoms with Crippen LogP contribution in [0.15, 0.2) is 76.2 Å². The van der Waals surface area contributed by atoms with Gasteiger partial charge in [-0.2, -0.15) is 5.10 Å². The predicted molar refractivity (Wildman–Crippen MR) is 97.9 cm³/mol. The van der Waals surface area contributed by atoms with Crippen LogP contribution in [-0.4, -0.2) is 22.2 Å². The third-order valence-electron chi connectivity index (χ3n) is 3.70. The minimum atomic E-state index is -1.33. The number of aliphatic hydroxyl groups excluding tert-OH is 1. The second kappa shape index (κ2) is 8.07. The molecule has 0 saturated heterocycles. The van der Waals surface area contributed by atoms with Gasteiger partial charge >= 0.3 is 0 Å². The number of nitro groups is 1. The highest BCUT2D eigenvalue weighted by Crippen LogP contribution is 2.25. The zero-order valence-electron chi connectivity index (χ0n) is 14.0. The minimum absolute atomic E-state index is 0.0405. The predicted octanol–water partition coefficient (Wildman–Crippen LogP) is 3.04. The molecule has 0 aliphatic heterocycles. The molecule has 1 atom stereocenters. The summed E-state index contributed by atoms with van der Waals surface area (Å²) in [6.45, 7) is 0. The van der Waals surface area contributed by atoms with E-state index in [4.69, 9.17) is 4.42 Å². The Morgan fingerprint density at radius 1 is 1.15 bits per heavy atom. The topological polar surface area (TPSA) is 118 Å². The van der Waals surface area contributed by atoms with E-state index < -0.39 is 16.9 Å². The molecule has 3 rings (SSSR count). The van der Waals surface area contributed by atoms with E-state index in [1.54, 1.807) is 54.6 Å². The summed E-state index contributed by atoms with van der Waals surface area (Å²) in [5.41, 5.74) is 3.20. The second-order valence-electron chi connectivity index (χ2n) is 5.56. The van der Waals surface area contributed by atoms with E-state index in [0.717, 1.165) is 0 Å². The molecule has 0 aliphatic carbocycles. The molecule has 0 radical (unpaired) electrons. The van der Waals surface area contributed by atoms with E-state index in [9.17, 15) is 20.0 Å². The Labute approximate surface area is 153 Å². The van der Waals surface area contributed by atoms with Crippen molar-refractivity contribution in [3.05, 3.63) is 88.2 Å². The number of rotatable bonds is 6. The van der Waals surface area contributed by atoms with Crippen molar-refractivity contribution in [2.75, 3.05) is 0 Å². The Morgan fingerprint density at radius 3 is 2.67 bits per heavy atom. The number of carbonyl (C=O) groups excluding carboxylic acids is 1. The van der Waals surface area contributed by atoms with Crippen LogP contribution in [0, 0.1) is 10.1 Å². The molecule has 0 saturated carbocycles. The van der Waals surface area contributed by atoms with Crippen molar-refractivity contribution in [2.45, 2.75) is 6.10 Å². The fourth-order valence-electron chi connectivity index (χ4n) is 2.36. The van der Waals surface area contributed by atoms with Crippen LogP contribution >= 0.6 is 0 Å². The molecule has 1 unspecified atom stereocenters. The first-order valence-electron chi connectivity index (χ1n) is 7.95. The van der Waals surface area contributed by atoms with Crippen molar-refractivity contribution in [1.82, 2.24) is 5.43 Å². The van der Waals surface area contributed by atoms with Gasteiger partial charge in [-0.15, -0.1) is 0 Å². The highest BCUT2D eigenvalue weighted by atomic mass is 16.6. The molecular weight excluding hydrogens is 350 g/mol. The van der Waals surface area contributed by atoms with E-state index in [1.165, 1.54) is 18.3 Å². The molecule has 8 nitrogen and oxygen atoms in total. The molecule has 1 amide bonds. The number of hydrogen-bond donors (Lipinski definition) is 2. The summed E-state index contributed by atoms with van der Waals surface area (Å²) < 4.78 is 5.55. The number of amides is 1. The van der Waals surface area contributed by atoms with E-state index in [-0.39, 0.29) is 5.69 Å². The minimum Gasteiger partial charge on any atom is -0.455 e. The SMILES string of the molecule is O=C(N/N=C/c1ccc(-c2cccc([N+](=O)[O-])c2)o1)C(O)c1ccccc1. The molecule has 1 aromatic heterocycles. The molecule has 2 aromatic carbocycles. The smallest absolute Gasteiger partial charge is 0.273 e. The molecule has 0 spiro atoms. The van der Waals surface area contributed by atoms with Gasteiger partial charge in [0.15, 0.2) is 6.10 Å². The second-order valence-corrected chi connectivity index (χ2v) is 5.56. The van der Waals surface area contributed by atoms with Crippen molar-refractivity contribution in [3.8, 4) is 11.3 Å². The number of non-ortho nitro benzene ring substituents is 1. The van der Waals surface area contributed by atoms with E-state index in [1.807, 2.05) is 0 Å². The summed E-state index contributed by atoms with van der Waals surface area (Å²) in [4.78, 5) is 22.3. The van der Waals surface area contributed by atoms with Crippen molar-refractivity contribution >= 4 is 17.8 Å². The zero-order chi connectivity index (χ0) is 19.2. The van der Waals surface area contributed by atoms with Gasteiger partial charge in [0.25, 0.3) is 11.6 Å². The summed E-state index contributed by atoms with van der Waals surface area (Å²) in [7, 11) is 0. The number of nitrogens with zero attached hydrogens (tertiary/aromatic N) is 2. The van der Waals surface area contributed by atoms with E-state index in [2.05, 4.69) is 10.5 Å². The Balaban J connectivity index is 1.64. The Kier molecular flexibility index (Phi) is 5.38. The first-order chi connectivity index (χ1) is 13.0. The number of hydrogen-bond acceptors (Lipinski definition) is 6. The lowest BCUT2D eigenvalue weighted by molar-refractivity contribution is -0.384.